The third-order valence-corrected chi connectivity index (χ3v) is 13.8. The Balaban J connectivity index is 2.64. The van der Waals surface area contributed by atoms with E-state index in [1.54, 1.807) is 6.92 Å². The Bertz CT molecular complexity index is 794. The first kappa shape index (κ1) is 21.6. The molecule has 0 spiro atoms. The van der Waals surface area contributed by atoms with Crippen LogP contribution >= 0.6 is 15.9 Å². The maximum Gasteiger partial charge on any atom is 0.330 e. The maximum absolute atomic E-state index is 12.3. The van der Waals surface area contributed by atoms with Gasteiger partial charge in [0.05, 0.1) is 19.9 Å². The summed E-state index contributed by atoms with van der Waals surface area (Å²) < 4.78 is 7.44. The van der Waals surface area contributed by atoms with Crippen LogP contribution in [0.4, 0.5) is 0 Å². The molecule has 0 bridgehead atoms. The Morgan fingerprint density at radius 3 is 2.46 bits per heavy atom. The lowest BCUT2D eigenvalue weighted by Crippen LogP contribution is -2.71. The molecule has 2 rings (SSSR count). The number of aliphatic hydroxyl groups is 2. The number of aryl methyl sites for hydroxylation is 1. The van der Waals surface area contributed by atoms with Crippen molar-refractivity contribution in [1.82, 2.24) is 9.55 Å². The van der Waals surface area contributed by atoms with Gasteiger partial charge in [0.25, 0.3) is 5.56 Å². The number of aromatic nitrogens is 2. The smallest absolute Gasteiger partial charge is 0.330 e. The van der Waals surface area contributed by atoms with E-state index < -0.39 is 36.4 Å². The van der Waals surface area contributed by atoms with E-state index in [4.69, 9.17) is 4.74 Å². The largest absolute Gasteiger partial charge is 0.393 e. The fourth-order valence-electron chi connectivity index (χ4n) is 3.59. The summed E-state index contributed by atoms with van der Waals surface area (Å²) in [6.07, 6.45) is 0.836. The molecule has 1 aliphatic rings. The molecule has 3 atom stereocenters. The number of hydrogen-bond donors (Lipinski definition) is 3. The molecule has 1 fully saturated rings. The summed E-state index contributed by atoms with van der Waals surface area (Å²) in [5.74, 6) is 0. The molecule has 26 heavy (non-hydrogen) atoms. The van der Waals surface area contributed by atoms with Crippen LogP contribution in [0.25, 0.3) is 0 Å². The van der Waals surface area contributed by atoms with Gasteiger partial charge >= 0.3 is 5.69 Å². The minimum Gasteiger partial charge on any atom is -0.393 e. The van der Waals surface area contributed by atoms with Crippen molar-refractivity contribution < 1.29 is 14.9 Å². The number of aliphatic hydroxyl groups excluding tert-OH is 1. The van der Waals surface area contributed by atoms with Gasteiger partial charge in [0.1, 0.15) is 11.8 Å². The number of rotatable bonds is 4. The van der Waals surface area contributed by atoms with Crippen molar-refractivity contribution in [2.24, 2.45) is 0 Å². The van der Waals surface area contributed by atoms with Gasteiger partial charge in [-0.3, -0.25) is 14.3 Å². The van der Waals surface area contributed by atoms with Crippen LogP contribution < -0.4 is 11.2 Å². The average molecular weight is 449 g/mol. The van der Waals surface area contributed by atoms with Crippen LogP contribution in [0.3, 0.4) is 0 Å². The fraction of sp³-hybridized carbons (Fsp3) is 0.765. The highest BCUT2D eigenvalue weighted by atomic mass is 79.9. The van der Waals surface area contributed by atoms with Crippen molar-refractivity contribution >= 4 is 24.0 Å². The summed E-state index contributed by atoms with van der Waals surface area (Å²) in [6.45, 7) is 11.6. The summed E-state index contributed by atoms with van der Waals surface area (Å²) in [5, 5.41) is 20.8. The van der Waals surface area contributed by atoms with E-state index >= 15 is 0 Å². The Morgan fingerprint density at radius 2 is 2.00 bits per heavy atom. The lowest BCUT2D eigenvalue weighted by molar-refractivity contribution is -0.128. The number of nitrogens with one attached hydrogen (secondary N) is 1. The third kappa shape index (κ3) is 2.97. The molecule has 0 aromatic carbocycles. The number of ether oxygens (including phenoxy) is 1. The predicted octanol–water partition coefficient (Wildman–Crippen LogP) is 1.67. The molecule has 3 N–H and O–H groups in total. The molecule has 1 aromatic heterocycles. The molecular formula is C17H29BrN2O5Si. The molecule has 0 amide bonds. The van der Waals surface area contributed by atoms with Gasteiger partial charge in [-0.15, -0.1) is 0 Å². The number of hydrogen-bond acceptors (Lipinski definition) is 5. The Morgan fingerprint density at radius 1 is 1.42 bits per heavy atom. The van der Waals surface area contributed by atoms with Gasteiger partial charge in [0.15, 0.2) is 0 Å². The molecule has 1 aromatic rings. The summed E-state index contributed by atoms with van der Waals surface area (Å²) in [4.78, 5) is 26.2. The molecule has 0 aliphatic carbocycles. The zero-order valence-electron chi connectivity index (χ0n) is 16.2. The Kier molecular flexibility index (Phi) is 5.55. The van der Waals surface area contributed by atoms with Crippen molar-refractivity contribution in [2.75, 3.05) is 11.9 Å². The zero-order valence-corrected chi connectivity index (χ0v) is 18.8. The first-order chi connectivity index (χ1) is 11.8. The van der Waals surface area contributed by atoms with E-state index in [1.807, 2.05) is 0 Å². The number of alkyl halides is 1. The number of halogens is 1. The van der Waals surface area contributed by atoms with Crippen molar-refractivity contribution in [3.05, 3.63) is 32.6 Å². The van der Waals surface area contributed by atoms with E-state index in [0.29, 0.717) is 5.56 Å². The summed E-state index contributed by atoms with van der Waals surface area (Å²) >= 11 is 3.41. The summed E-state index contributed by atoms with van der Waals surface area (Å²) in [7, 11) is -2.44. The molecule has 1 aliphatic heterocycles. The minimum atomic E-state index is -2.44. The molecule has 7 nitrogen and oxygen atoms in total. The quantitative estimate of drug-likeness (QED) is 0.479. The molecule has 0 saturated carbocycles. The molecule has 148 valence electrons. The van der Waals surface area contributed by atoms with Gasteiger partial charge < -0.3 is 14.9 Å². The molecule has 9 heteroatoms. The Labute approximate surface area is 162 Å². The van der Waals surface area contributed by atoms with Gasteiger partial charge in [0.2, 0.25) is 0 Å². The molecule has 0 unspecified atom stereocenters. The van der Waals surface area contributed by atoms with Gasteiger partial charge in [-0.25, -0.2) is 4.79 Å². The first-order valence-corrected chi connectivity index (χ1v) is 12.8. The third-order valence-electron chi connectivity index (χ3n) is 6.42. The first-order valence-electron chi connectivity index (χ1n) is 8.65. The topological polar surface area (TPSA) is 105 Å². The van der Waals surface area contributed by atoms with E-state index in [0.717, 1.165) is 0 Å². The number of H-pyrrole nitrogens is 1. The highest BCUT2D eigenvalue weighted by molar-refractivity contribution is 9.09. The minimum absolute atomic E-state index is 0.168. The van der Waals surface area contributed by atoms with Crippen LogP contribution in [0.1, 0.15) is 39.0 Å². The standard InChI is InChI=1S/C17H29BrN2O5Si/c1-11-8-20(14(23)19-13(11)22)12-7-17(24,16(9-18,10-21)25-12)26(5,6)15(2,3)4/h8,12,21,24H,7,9-10H2,1-6H3,(H,19,22,23)/t12-,16-,17-/m1/s1. The SMILES string of the molecule is Cc1cn([C@H]2C[C@@](O)([Si](C)(C)C(C)(C)C)[C@](CO)(CBr)O2)c(=O)[nH]c1=O. The second-order valence-corrected chi connectivity index (χ2v) is 14.9. The lowest BCUT2D eigenvalue weighted by Gasteiger charge is -2.53. The maximum atomic E-state index is 12.3. The van der Waals surface area contributed by atoms with Crippen LogP contribution in [0.5, 0.6) is 0 Å². The summed E-state index contributed by atoms with van der Waals surface area (Å²) in [6, 6.07) is 0. The second kappa shape index (κ2) is 6.70. The van der Waals surface area contributed by atoms with Gasteiger partial charge in [-0.05, 0) is 12.0 Å². The number of nitrogens with zero attached hydrogens (tertiary/aromatic N) is 1. The van der Waals surface area contributed by atoms with E-state index in [9.17, 15) is 19.8 Å². The van der Waals surface area contributed by atoms with Crippen LogP contribution in [0.15, 0.2) is 15.8 Å². The van der Waals surface area contributed by atoms with E-state index in [2.05, 4.69) is 54.8 Å². The van der Waals surface area contributed by atoms with Crippen molar-refractivity contribution in [1.29, 1.82) is 0 Å². The van der Waals surface area contributed by atoms with Gasteiger partial charge in [0, 0.05) is 23.5 Å². The van der Waals surface area contributed by atoms with Crippen LogP contribution in [0.2, 0.25) is 18.1 Å². The Hall–Kier alpha value is -0.743. The average Bonchev–Trinajstić information content (AvgIpc) is 2.84. The predicted molar refractivity (Wildman–Crippen MR) is 107 cm³/mol. The molecule has 2 heterocycles. The van der Waals surface area contributed by atoms with E-state index in [1.165, 1.54) is 10.8 Å². The molecular weight excluding hydrogens is 420 g/mol. The van der Waals surface area contributed by atoms with Crippen molar-refractivity contribution in [2.45, 2.75) is 69.3 Å². The monoisotopic (exact) mass is 448 g/mol. The zero-order chi connectivity index (χ0) is 20.1. The van der Waals surface area contributed by atoms with Crippen LogP contribution in [-0.4, -0.2) is 50.6 Å². The summed E-state index contributed by atoms with van der Waals surface area (Å²) in [5.41, 5.74) is -1.89. The molecule has 0 radical (unpaired) electrons. The van der Waals surface area contributed by atoms with Gasteiger partial charge in [-0.1, -0.05) is 49.8 Å². The normalized spacial score (nSPS) is 30.0. The highest BCUT2D eigenvalue weighted by Gasteiger charge is 2.68. The second-order valence-electron chi connectivity index (χ2n) is 8.78. The van der Waals surface area contributed by atoms with Crippen molar-refractivity contribution in [3.63, 3.8) is 0 Å². The van der Waals surface area contributed by atoms with E-state index in [-0.39, 0.29) is 23.4 Å². The van der Waals surface area contributed by atoms with Gasteiger partial charge in [-0.2, -0.15) is 0 Å². The van der Waals surface area contributed by atoms with Crippen molar-refractivity contribution in [3.8, 4) is 0 Å². The molecule has 1 saturated heterocycles. The number of aromatic amines is 1. The fourth-order valence-corrected chi connectivity index (χ4v) is 7.91. The van der Waals surface area contributed by atoms with Crippen LogP contribution in [0, 0.1) is 6.92 Å². The lowest BCUT2D eigenvalue weighted by atomic mass is 9.99. The van der Waals surface area contributed by atoms with Crippen LogP contribution in [-0.2, 0) is 4.74 Å². The highest BCUT2D eigenvalue weighted by Crippen LogP contribution is 2.55.